The van der Waals surface area contributed by atoms with Crippen molar-refractivity contribution >= 4 is 16.6 Å². The summed E-state index contributed by atoms with van der Waals surface area (Å²) in [6, 6.07) is 13.9. The molecule has 2 N–H and O–H groups in total. The molecule has 0 saturated carbocycles. The first-order valence-electron chi connectivity index (χ1n) is 9.68. The number of aromatic amines is 2. The molecule has 6 nitrogen and oxygen atoms in total. The highest BCUT2D eigenvalue weighted by molar-refractivity contribution is 5.90. The highest BCUT2D eigenvalue weighted by Gasteiger charge is 2.18. The standard InChI is InChI=1S/C23H20N6/c24-12-16-3-5-18(6-4-16)22-19(13-27-28-22)15-29-10-7-17(8-11-29)21-14-26-23-20(21)2-1-9-25-23/h1-7,9,13-14H,8,10-11,15H2,(H,25,26)(H,27,28). The Hall–Kier alpha value is -3.69. The molecule has 1 aromatic carbocycles. The van der Waals surface area contributed by atoms with Crippen LogP contribution in [-0.2, 0) is 6.54 Å². The number of H-pyrrole nitrogens is 2. The zero-order chi connectivity index (χ0) is 19.6. The summed E-state index contributed by atoms with van der Waals surface area (Å²) >= 11 is 0. The van der Waals surface area contributed by atoms with Gasteiger partial charge in [0.15, 0.2) is 0 Å². The van der Waals surface area contributed by atoms with Gasteiger partial charge in [0.1, 0.15) is 5.65 Å². The first-order chi connectivity index (χ1) is 14.3. The summed E-state index contributed by atoms with van der Waals surface area (Å²) in [4.78, 5) is 10.1. The van der Waals surface area contributed by atoms with Gasteiger partial charge in [0, 0.05) is 48.5 Å². The normalized spacial score (nSPS) is 14.7. The molecule has 0 atom stereocenters. The Labute approximate surface area is 168 Å². The molecule has 4 heterocycles. The van der Waals surface area contributed by atoms with Crippen molar-refractivity contribution < 1.29 is 0 Å². The minimum Gasteiger partial charge on any atom is -0.346 e. The van der Waals surface area contributed by atoms with Gasteiger partial charge in [0.05, 0.1) is 23.5 Å². The third kappa shape index (κ3) is 3.33. The molecule has 0 unspecified atom stereocenters. The van der Waals surface area contributed by atoms with Crippen LogP contribution < -0.4 is 0 Å². The number of fused-ring (bicyclic) bond motifs is 1. The van der Waals surface area contributed by atoms with Gasteiger partial charge in [-0.3, -0.25) is 10.00 Å². The molecule has 3 aromatic heterocycles. The van der Waals surface area contributed by atoms with E-state index in [1.807, 2.05) is 42.7 Å². The van der Waals surface area contributed by atoms with Gasteiger partial charge in [-0.1, -0.05) is 18.2 Å². The van der Waals surface area contributed by atoms with E-state index in [0.29, 0.717) is 5.56 Å². The monoisotopic (exact) mass is 380 g/mol. The first kappa shape index (κ1) is 17.4. The van der Waals surface area contributed by atoms with Crippen LogP contribution >= 0.6 is 0 Å². The molecule has 0 saturated heterocycles. The van der Waals surface area contributed by atoms with Crippen LogP contribution in [-0.4, -0.2) is 38.2 Å². The molecule has 0 aliphatic carbocycles. The lowest BCUT2D eigenvalue weighted by Gasteiger charge is -2.26. The summed E-state index contributed by atoms with van der Waals surface area (Å²) in [5.74, 6) is 0. The summed E-state index contributed by atoms with van der Waals surface area (Å²) < 4.78 is 0. The van der Waals surface area contributed by atoms with Crippen molar-refractivity contribution in [2.45, 2.75) is 13.0 Å². The number of pyridine rings is 1. The Morgan fingerprint density at radius 1 is 1.17 bits per heavy atom. The maximum atomic E-state index is 8.99. The Bertz CT molecular complexity index is 1220. The fourth-order valence-corrected chi connectivity index (χ4v) is 3.95. The number of aromatic nitrogens is 4. The molecule has 0 amide bonds. The Balaban J connectivity index is 1.32. The smallest absolute Gasteiger partial charge is 0.137 e. The summed E-state index contributed by atoms with van der Waals surface area (Å²) in [5.41, 5.74) is 7.48. The van der Waals surface area contributed by atoms with Gasteiger partial charge in [-0.05, 0) is 41.8 Å². The van der Waals surface area contributed by atoms with Crippen LogP contribution in [0, 0.1) is 11.3 Å². The zero-order valence-electron chi connectivity index (χ0n) is 15.9. The third-order valence-electron chi connectivity index (χ3n) is 5.50. The van der Waals surface area contributed by atoms with Crippen molar-refractivity contribution in [2.24, 2.45) is 0 Å². The molecule has 0 bridgehead atoms. The van der Waals surface area contributed by atoms with Gasteiger partial charge in [-0.25, -0.2) is 4.98 Å². The predicted octanol–water partition coefficient (Wildman–Crippen LogP) is 4.11. The molecule has 0 spiro atoms. The predicted molar refractivity (Wildman–Crippen MR) is 113 cm³/mol. The van der Waals surface area contributed by atoms with Crippen LogP contribution in [0.4, 0.5) is 0 Å². The third-order valence-corrected chi connectivity index (χ3v) is 5.50. The lowest BCUT2D eigenvalue weighted by Crippen LogP contribution is -2.28. The summed E-state index contributed by atoms with van der Waals surface area (Å²) in [7, 11) is 0. The van der Waals surface area contributed by atoms with Crippen LogP contribution in [0.1, 0.15) is 23.1 Å². The van der Waals surface area contributed by atoms with E-state index in [0.717, 1.165) is 43.0 Å². The maximum Gasteiger partial charge on any atom is 0.137 e. The van der Waals surface area contributed by atoms with Gasteiger partial charge >= 0.3 is 0 Å². The van der Waals surface area contributed by atoms with Crippen molar-refractivity contribution in [1.29, 1.82) is 5.26 Å². The second-order valence-electron chi connectivity index (χ2n) is 7.28. The lowest BCUT2D eigenvalue weighted by molar-refractivity contribution is 0.294. The molecule has 6 heteroatoms. The summed E-state index contributed by atoms with van der Waals surface area (Å²) in [5, 5.41) is 17.5. The number of nitrogens with one attached hydrogen (secondary N) is 2. The minimum atomic E-state index is 0.663. The van der Waals surface area contributed by atoms with Crippen molar-refractivity contribution in [2.75, 3.05) is 13.1 Å². The fraction of sp³-hybridized carbons (Fsp3) is 0.174. The van der Waals surface area contributed by atoms with Gasteiger partial charge in [-0.15, -0.1) is 0 Å². The minimum absolute atomic E-state index is 0.663. The molecule has 1 aliphatic heterocycles. The van der Waals surface area contributed by atoms with Crippen LogP contribution in [0.3, 0.4) is 0 Å². The molecule has 29 heavy (non-hydrogen) atoms. The number of hydrogen-bond acceptors (Lipinski definition) is 4. The molecule has 1 aliphatic rings. The average molecular weight is 380 g/mol. The quantitative estimate of drug-likeness (QED) is 0.558. The Kier molecular flexibility index (Phi) is 4.43. The average Bonchev–Trinajstić information content (AvgIpc) is 3.41. The zero-order valence-corrected chi connectivity index (χ0v) is 15.9. The number of nitrogens with zero attached hydrogens (tertiary/aromatic N) is 4. The number of benzene rings is 1. The number of rotatable bonds is 4. The van der Waals surface area contributed by atoms with Crippen LogP contribution in [0.15, 0.2) is 61.1 Å². The van der Waals surface area contributed by atoms with E-state index in [1.54, 1.807) is 0 Å². The maximum absolute atomic E-state index is 8.99. The molecule has 142 valence electrons. The molecular weight excluding hydrogens is 360 g/mol. The lowest BCUT2D eigenvalue weighted by atomic mass is 9.99. The van der Waals surface area contributed by atoms with E-state index in [9.17, 15) is 0 Å². The fourth-order valence-electron chi connectivity index (χ4n) is 3.95. The Morgan fingerprint density at radius 3 is 2.86 bits per heavy atom. The van der Waals surface area contributed by atoms with Gasteiger partial charge in [0.2, 0.25) is 0 Å². The SMILES string of the molecule is N#Cc1ccc(-c2[nH]ncc2CN2CC=C(c3c[nH]c4ncccc34)CC2)cc1. The van der Waals surface area contributed by atoms with Crippen molar-refractivity contribution in [3.05, 3.63) is 77.8 Å². The van der Waals surface area contributed by atoms with Crippen LogP contribution in [0.2, 0.25) is 0 Å². The van der Waals surface area contributed by atoms with E-state index >= 15 is 0 Å². The van der Waals surface area contributed by atoms with Crippen molar-refractivity contribution in [1.82, 2.24) is 25.1 Å². The van der Waals surface area contributed by atoms with Crippen LogP contribution in [0.5, 0.6) is 0 Å². The Morgan fingerprint density at radius 2 is 2.07 bits per heavy atom. The van der Waals surface area contributed by atoms with Gasteiger partial charge < -0.3 is 4.98 Å². The number of hydrogen-bond donors (Lipinski definition) is 2. The highest BCUT2D eigenvalue weighted by Crippen LogP contribution is 2.29. The highest BCUT2D eigenvalue weighted by atomic mass is 15.1. The van der Waals surface area contributed by atoms with E-state index in [1.165, 1.54) is 22.1 Å². The van der Waals surface area contributed by atoms with E-state index in [2.05, 4.69) is 49.5 Å². The van der Waals surface area contributed by atoms with Gasteiger partial charge in [-0.2, -0.15) is 10.4 Å². The second kappa shape index (κ2) is 7.38. The number of nitriles is 1. The molecule has 4 aromatic rings. The largest absolute Gasteiger partial charge is 0.346 e. The van der Waals surface area contributed by atoms with E-state index in [-0.39, 0.29) is 0 Å². The van der Waals surface area contributed by atoms with E-state index < -0.39 is 0 Å². The molecule has 0 radical (unpaired) electrons. The summed E-state index contributed by atoms with van der Waals surface area (Å²) in [6.07, 6.45) is 9.11. The van der Waals surface area contributed by atoms with Crippen LogP contribution in [0.25, 0.3) is 27.9 Å². The second-order valence-corrected chi connectivity index (χ2v) is 7.28. The molecule has 0 fully saturated rings. The summed E-state index contributed by atoms with van der Waals surface area (Å²) in [6.45, 7) is 2.74. The first-order valence-corrected chi connectivity index (χ1v) is 9.68. The molecule has 5 rings (SSSR count). The molecular formula is C23H20N6. The van der Waals surface area contributed by atoms with Crippen molar-refractivity contribution in [3.8, 4) is 17.3 Å². The van der Waals surface area contributed by atoms with Crippen molar-refractivity contribution in [3.63, 3.8) is 0 Å². The van der Waals surface area contributed by atoms with E-state index in [4.69, 9.17) is 5.26 Å². The van der Waals surface area contributed by atoms with Gasteiger partial charge in [0.25, 0.3) is 0 Å². The topological polar surface area (TPSA) is 84.4 Å².